The van der Waals surface area contributed by atoms with Crippen molar-refractivity contribution in [2.45, 2.75) is 119 Å². The van der Waals surface area contributed by atoms with Gasteiger partial charge >= 0.3 is 11.9 Å². The van der Waals surface area contributed by atoms with E-state index < -0.39 is 5.97 Å². The van der Waals surface area contributed by atoms with Crippen molar-refractivity contribution in [2.75, 3.05) is 0 Å². The van der Waals surface area contributed by atoms with Gasteiger partial charge < -0.3 is 9.84 Å². The molecule has 0 bridgehead atoms. The molecular weight excluding hydrogens is 464 g/mol. The molecule has 5 aliphatic rings. The highest BCUT2D eigenvalue weighted by Gasteiger charge is 2.82. The number of hydrogen-bond donors (Lipinski definition) is 1. The van der Waals surface area contributed by atoms with Crippen LogP contribution < -0.4 is 0 Å². The topological polar surface area (TPSA) is 80.7 Å². The Morgan fingerprint density at radius 3 is 2.27 bits per heavy atom. The minimum Gasteiger partial charge on any atom is -0.478 e. The van der Waals surface area contributed by atoms with Gasteiger partial charge in [0.15, 0.2) is 0 Å². The number of aliphatic carboxylic acids is 1. The molecule has 206 valence electrons. The van der Waals surface area contributed by atoms with E-state index in [4.69, 9.17) is 4.74 Å². The predicted octanol–water partition coefficient (Wildman–Crippen LogP) is 6.98. The number of ketones is 1. The Morgan fingerprint density at radius 1 is 0.973 bits per heavy atom. The summed E-state index contributed by atoms with van der Waals surface area (Å²) in [5.41, 5.74) is 1.33. The van der Waals surface area contributed by atoms with Gasteiger partial charge in [-0.25, -0.2) is 4.79 Å². The molecule has 0 aromatic heterocycles. The molecule has 37 heavy (non-hydrogen) atoms. The average Bonchev–Trinajstić information content (AvgIpc) is 3.41. The number of esters is 1. The number of ether oxygens (including phenoxy) is 1. The zero-order chi connectivity index (χ0) is 27.2. The largest absolute Gasteiger partial charge is 0.478 e. The van der Waals surface area contributed by atoms with Crippen molar-refractivity contribution in [3.63, 3.8) is 0 Å². The van der Waals surface area contributed by atoms with Crippen LogP contribution in [-0.4, -0.2) is 28.9 Å². The van der Waals surface area contributed by atoms with Crippen molar-refractivity contribution in [1.82, 2.24) is 0 Å². The first-order chi connectivity index (χ1) is 17.2. The lowest BCUT2D eigenvalue weighted by atomic mass is 9.42. The third-order valence-corrected chi connectivity index (χ3v) is 13.5. The average molecular weight is 513 g/mol. The monoisotopic (exact) mass is 512 g/mol. The maximum absolute atomic E-state index is 12.9. The molecule has 0 aliphatic heterocycles. The zero-order valence-electron chi connectivity index (χ0n) is 24.1. The maximum Gasteiger partial charge on any atom is 0.330 e. The molecule has 5 rings (SSSR count). The van der Waals surface area contributed by atoms with Crippen LogP contribution in [0.15, 0.2) is 11.6 Å². The Bertz CT molecular complexity index is 1040. The fourth-order valence-electron chi connectivity index (χ4n) is 11.3. The van der Waals surface area contributed by atoms with Crippen LogP contribution in [0.25, 0.3) is 0 Å². The fourth-order valence-corrected chi connectivity index (χ4v) is 11.3. The molecule has 0 radical (unpaired) electrons. The summed E-state index contributed by atoms with van der Waals surface area (Å²) >= 11 is 0. The minimum absolute atomic E-state index is 0.165. The van der Waals surface area contributed by atoms with Gasteiger partial charge in [-0.15, -0.1) is 0 Å². The Morgan fingerprint density at radius 2 is 1.62 bits per heavy atom. The number of carbonyl (C=O) groups is 3. The fraction of sp³-hybridized carbons (Fsp3) is 0.844. The molecule has 2 spiro atoms. The van der Waals surface area contributed by atoms with Crippen molar-refractivity contribution >= 4 is 17.7 Å². The second-order valence-electron chi connectivity index (χ2n) is 14.7. The number of fused-ring (bicyclic) bond motifs is 2. The highest BCUT2D eigenvalue weighted by molar-refractivity contribution is 5.86. The van der Waals surface area contributed by atoms with Crippen molar-refractivity contribution in [3.8, 4) is 0 Å². The van der Waals surface area contributed by atoms with Crippen molar-refractivity contribution in [1.29, 1.82) is 0 Å². The molecule has 5 nitrogen and oxygen atoms in total. The Balaban J connectivity index is 1.42. The van der Waals surface area contributed by atoms with Crippen LogP contribution in [0.4, 0.5) is 0 Å². The minimum atomic E-state index is -0.922. The van der Waals surface area contributed by atoms with Crippen LogP contribution in [-0.2, 0) is 19.1 Å². The molecule has 0 unspecified atom stereocenters. The third kappa shape index (κ3) is 3.50. The second-order valence-corrected chi connectivity index (χ2v) is 14.7. The van der Waals surface area contributed by atoms with Crippen LogP contribution in [0.5, 0.6) is 0 Å². The van der Waals surface area contributed by atoms with E-state index in [0.717, 1.165) is 19.3 Å². The summed E-state index contributed by atoms with van der Waals surface area (Å²) in [6, 6.07) is 0. The van der Waals surface area contributed by atoms with E-state index in [-0.39, 0.29) is 34.2 Å². The number of carboxylic acid groups (broad SMARTS) is 1. The number of Topliss-reactive ketones (excluding diaryl/α,β-unsaturated/α-hetero) is 1. The summed E-state index contributed by atoms with van der Waals surface area (Å²) in [6.07, 6.45) is 12.3. The van der Waals surface area contributed by atoms with E-state index in [1.165, 1.54) is 45.4 Å². The molecule has 0 heterocycles. The van der Waals surface area contributed by atoms with Crippen molar-refractivity contribution in [2.24, 2.45) is 50.7 Å². The standard InChI is InChI=1S/C32H48O5/c1-19(27(35)36)8-9-23(37-21(3)33)20(2)22-12-14-30(7)25-11-10-24-28(4,5)26(34)13-15-31(24)18-32(25,31)17-16-29(22,30)6/h8,20,22-25H,9-18H2,1-7H3,(H,35,36)/b19-8-/t20-,22+,23+,24+,25-,29+,30-,31+,32-/m0/s1. The van der Waals surface area contributed by atoms with Crippen LogP contribution in [0.3, 0.4) is 0 Å². The second kappa shape index (κ2) is 8.42. The number of hydrogen-bond acceptors (Lipinski definition) is 4. The molecule has 5 saturated carbocycles. The predicted molar refractivity (Wildman–Crippen MR) is 143 cm³/mol. The summed E-state index contributed by atoms with van der Waals surface area (Å²) in [5, 5.41) is 9.33. The van der Waals surface area contributed by atoms with Gasteiger partial charge in [0.2, 0.25) is 0 Å². The van der Waals surface area contributed by atoms with Crippen LogP contribution in [0.1, 0.15) is 113 Å². The molecule has 5 heteroatoms. The maximum atomic E-state index is 12.9. The van der Waals surface area contributed by atoms with Gasteiger partial charge in [-0.1, -0.05) is 40.7 Å². The van der Waals surface area contributed by atoms with Gasteiger partial charge in [0, 0.05) is 30.8 Å². The van der Waals surface area contributed by atoms with Crippen LogP contribution >= 0.6 is 0 Å². The van der Waals surface area contributed by atoms with Crippen LogP contribution in [0, 0.1) is 50.7 Å². The van der Waals surface area contributed by atoms with E-state index in [2.05, 4.69) is 34.6 Å². The van der Waals surface area contributed by atoms with E-state index >= 15 is 0 Å². The molecule has 9 atom stereocenters. The van der Waals surface area contributed by atoms with Gasteiger partial charge in [0.1, 0.15) is 11.9 Å². The van der Waals surface area contributed by atoms with Gasteiger partial charge in [-0.3, -0.25) is 9.59 Å². The van der Waals surface area contributed by atoms with E-state index in [1.54, 1.807) is 13.0 Å². The molecule has 5 fully saturated rings. The Labute approximate surface area is 223 Å². The lowest BCUT2D eigenvalue weighted by molar-refractivity contribution is -0.162. The molecule has 0 aromatic rings. The van der Waals surface area contributed by atoms with E-state index in [0.29, 0.717) is 46.4 Å². The summed E-state index contributed by atoms with van der Waals surface area (Å²) in [6.45, 7) is 14.8. The Hall–Kier alpha value is -1.65. The van der Waals surface area contributed by atoms with Crippen molar-refractivity contribution in [3.05, 3.63) is 11.6 Å². The number of carbonyl (C=O) groups excluding carboxylic acids is 2. The third-order valence-electron chi connectivity index (χ3n) is 13.5. The van der Waals surface area contributed by atoms with Gasteiger partial charge in [-0.2, -0.15) is 0 Å². The first-order valence-electron chi connectivity index (χ1n) is 14.8. The summed E-state index contributed by atoms with van der Waals surface area (Å²) in [5.74, 6) is 1.12. The zero-order valence-corrected chi connectivity index (χ0v) is 24.1. The normalized spacial score (nSPS) is 45.5. The van der Waals surface area contributed by atoms with Gasteiger partial charge in [0.05, 0.1) is 0 Å². The Kier molecular flexibility index (Phi) is 6.13. The van der Waals surface area contributed by atoms with Crippen molar-refractivity contribution < 1.29 is 24.2 Å². The highest BCUT2D eigenvalue weighted by atomic mass is 16.5. The van der Waals surface area contributed by atoms with Gasteiger partial charge in [-0.05, 0) is 104 Å². The van der Waals surface area contributed by atoms with Crippen LogP contribution in [0.2, 0.25) is 0 Å². The summed E-state index contributed by atoms with van der Waals surface area (Å²) in [4.78, 5) is 36.3. The lowest BCUT2D eigenvalue weighted by Crippen LogP contribution is -2.57. The number of carboxylic acids is 1. The summed E-state index contributed by atoms with van der Waals surface area (Å²) in [7, 11) is 0. The molecule has 1 N–H and O–H groups in total. The molecule has 0 amide bonds. The quantitative estimate of drug-likeness (QED) is 0.307. The first-order valence-corrected chi connectivity index (χ1v) is 14.8. The number of rotatable bonds is 6. The summed E-state index contributed by atoms with van der Waals surface area (Å²) < 4.78 is 5.84. The lowest BCUT2D eigenvalue weighted by Gasteiger charge is -2.62. The van der Waals surface area contributed by atoms with E-state index in [9.17, 15) is 19.5 Å². The molecular formula is C32H48O5. The smallest absolute Gasteiger partial charge is 0.330 e. The highest BCUT2D eigenvalue weighted by Crippen LogP contribution is 2.88. The molecule has 5 aliphatic carbocycles. The van der Waals surface area contributed by atoms with Gasteiger partial charge in [0.25, 0.3) is 0 Å². The first kappa shape index (κ1) is 26.9. The SMILES string of the molecule is CC(=O)O[C@H](C/C=C(/C)C(=O)O)[C@@H](C)[C@H]1CC[C@@]2(C)[C@@H]3CC[C@@H]4C(C)(C)C(=O)CC[C@@]45C[C@@]35CC[C@]12C. The molecule has 0 aromatic carbocycles. The van der Waals surface area contributed by atoms with E-state index in [1.807, 2.05) is 0 Å². The molecule has 0 saturated heterocycles.